The third-order valence-electron chi connectivity index (χ3n) is 2.91. The smallest absolute Gasteiger partial charge is 0.236 e. The van der Waals surface area contributed by atoms with E-state index in [0.717, 1.165) is 31.2 Å². The van der Waals surface area contributed by atoms with Gasteiger partial charge in [0.05, 0.1) is 6.54 Å². The van der Waals surface area contributed by atoms with Gasteiger partial charge in [-0.1, -0.05) is 36.8 Å². The van der Waals surface area contributed by atoms with Crippen molar-refractivity contribution in [3.05, 3.63) is 35.9 Å². The first-order chi connectivity index (χ1) is 9.86. The number of rotatable bonds is 10. The largest absolute Gasteiger partial charge is 0.291 e. The Morgan fingerprint density at radius 3 is 2.55 bits per heavy atom. The van der Waals surface area contributed by atoms with Gasteiger partial charge in [0.15, 0.2) is 0 Å². The SMILES string of the molecule is O=C=NCCCCCC(N=C=O)NCc1ccccc1. The second kappa shape index (κ2) is 10.8. The second-order valence-corrected chi connectivity index (χ2v) is 4.43. The van der Waals surface area contributed by atoms with Crippen LogP contribution < -0.4 is 5.32 Å². The van der Waals surface area contributed by atoms with Crippen molar-refractivity contribution in [1.82, 2.24) is 5.32 Å². The van der Waals surface area contributed by atoms with E-state index >= 15 is 0 Å². The van der Waals surface area contributed by atoms with Crippen LogP contribution >= 0.6 is 0 Å². The van der Waals surface area contributed by atoms with Crippen molar-refractivity contribution in [2.24, 2.45) is 9.98 Å². The van der Waals surface area contributed by atoms with E-state index in [1.165, 1.54) is 6.08 Å². The van der Waals surface area contributed by atoms with E-state index in [9.17, 15) is 9.59 Å². The summed E-state index contributed by atoms with van der Waals surface area (Å²) in [6, 6.07) is 9.95. The molecule has 1 atom stereocenters. The van der Waals surface area contributed by atoms with Gasteiger partial charge >= 0.3 is 0 Å². The van der Waals surface area contributed by atoms with Crippen LogP contribution in [0.2, 0.25) is 0 Å². The van der Waals surface area contributed by atoms with Crippen LogP contribution in [0.4, 0.5) is 0 Å². The number of hydrogen-bond donors (Lipinski definition) is 1. The Bertz CT molecular complexity index is 463. The molecule has 0 saturated carbocycles. The Morgan fingerprint density at radius 2 is 1.85 bits per heavy atom. The molecule has 1 aromatic rings. The standard InChI is InChI=1S/C15H19N3O2/c19-12-16-10-6-2-5-9-15(18-13-20)17-11-14-7-3-1-4-8-14/h1,3-4,7-8,15,17H,2,5-6,9-11H2. The first-order valence-corrected chi connectivity index (χ1v) is 6.74. The van der Waals surface area contributed by atoms with Crippen LogP contribution in [-0.4, -0.2) is 24.9 Å². The minimum Gasteiger partial charge on any atom is -0.291 e. The summed E-state index contributed by atoms with van der Waals surface area (Å²) < 4.78 is 0. The highest BCUT2D eigenvalue weighted by Crippen LogP contribution is 2.06. The molecule has 0 amide bonds. The van der Waals surface area contributed by atoms with Gasteiger partial charge in [-0.05, 0) is 24.8 Å². The molecule has 1 rings (SSSR count). The van der Waals surface area contributed by atoms with Gasteiger partial charge in [-0.25, -0.2) is 14.6 Å². The molecule has 0 heterocycles. The van der Waals surface area contributed by atoms with E-state index in [4.69, 9.17) is 0 Å². The molecule has 0 aliphatic carbocycles. The van der Waals surface area contributed by atoms with Gasteiger partial charge in [0, 0.05) is 6.54 Å². The Kier molecular flexibility index (Phi) is 8.66. The number of isocyanates is 2. The van der Waals surface area contributed by atoms with Crippen LogP contribution in [0.3, 0.4) is 0 Å². The molecular formula is C15H19N3O2. The lowest BCUT2D eigenvalue weighted by Gasteiger charge is -2.12. The van der Waals surface area contributed by atoms with Crippen molar-refractivity contribution >= 4 is 12.2 Å². The highest BCUT2D eigenvalue weighted by Gasteiger charge is 2.05. The van der Waals surface area contributed by atoms with Gasteiger partial charge < -0.3 is 0 Å². The molecule has 0 saturated heterocycles. The van der Waals surface area contributed by atoms with Crippen molar-refractivity contribution in [3.63, 3.8) is 0 Å². The molecule has 0 spiro atoms. The maximum Gasteiger partial charge on any atom is 0.236 e. The molecule has 1 N–H and O–H groups in total. The van der Waals surface area contributed by atoms with Gasteiger partial charge in [-0.2, -0.15) is 4.99 Å². The number of nitrogens with one attached hydrogen (secondary N) is 1. The lowest BCUT2D eigenvalue weighted by atomic mass is 10.1. The van der Waals surface area contributed by atoms with Gasteiger partial charge in [0.25, 0.3) is 0 Å². The van der Waals surface area contributed by atoms with Crippen LogP contribution in [-0.2, 0) is 16.1 Å². The molecule has 1 unspecified atom stereocenters. The van der Waals surface area contributed by atoms with Crippen molar-refractivity contribution in [3.8, 4) is 0 Å². The average Bonchev–Trinajstić information content (AvgIpc) is 2.49. The van der Waals surface area contributed by atoms with Gasteiger partial charge in [-0.15, -0.1) is 0 Å². The summed E-state index contributed by atoms with van der Waals surface area (Å²) in [5.41, 5.74) is 1.15. The molecule has 106 valence electrons. The molecule has 0 fully saturated rings. The molecule has 0 bridgehead atoms. The quantitative estimate of drug-likeness (QED) is 0.404. The van der Waals surface area contributed by atoms with Gasteiger partial charge in [0.2, 0.25) is 12.2 Å². The summed E-state index contributed by atoms with van der Waals surface area (Å²) in [6.45, 7) is 1.19. The van der Waals surface area contributed by atoms with Crippen molar-refractivity contribution in [2.75, 3.05) is 6.54 Å². The number of carbonyl (C=O) groups excluding carboxylic acids is 2. The Balaban J connectivity index is 2.26. The first-order valence-electron chi connectivity index (χ1n) is 6.74. The molecular weight excluding hydrogens is 254 g/mol. The van der Waals surface area contributed by atoms with Crippen molar-refractivity contribution in [2.45, 2.75) is 38.4 Å². The fraction of sp³-hybridized carbons (Fsp3) is 0.467. The summed E-state index contributed by atoms with van der Waals surface area (Å²) >= 11 is 0. The maximum absolute atomic E-state index is 10.4. The lowest BCUT2D eigenvalue weighted by Crippen LogP contribution is -2.26. The van der Waals surface area contributed by atoms with E-state index < -0.39 is 0 Å². The summed E-state index contributed by atoms with van der Waals surface area (Å²) in [5.74, 6) is 0. The third kappa shape index (κ3) is 7.39. The normalized spacial score (nSPS) is 11.2. The van der Waals surface area contributed by atoms with E-state index in [0.29, 0.717) is 13.1 Å². The molecule has 0 aliphatic heterocycles. The van der Waals surface area contributed by atoms with Crippen LogP contribution in [0.1, 0.15) is 31.2 Å². The van der Waals surface area contributed by atoms with Crippen LogP contribution in [0.15, 0.2) is 40.3 Å². The number of benzene rings is 1. The predicted molar refractivity (Wildman–Crippen MR) is 76.6 cm³/mol. The van der Waals surface area contributed by atoms with E-state index in [1.54, 1.807) is 6.08 Å². The average molecular weight is 273 g/mol. The topological polar surface area (TPSA) is 70.9 Å². The summed E-state index contributed by atoms with van der Waals surface area (Å²) in [7, 11) is 0. The molecule has 20 heavy (non-hydrogen) atoms. The number of unbranched alkanes of at least 4 members (excludes halogenated alkanes) is 2. The first kappa shape index (κ1) is 16.0. The van der Waals surface area contributed by atoms with Crippen LogP contribution in [0, 0.1) is 0 Å². The number of hydrogen-bond acceptors (Lipinski definition) is 5. The zero-order valence-electron chi connectivity index (χ0n) is 11.4. The van der Waals surface area contributed by atoms with Crippen molar-refractivity contribution in [1.29, 1.82) is 0 Å². The maximum atomic E-state index is 10.4. The molecule has 0 radical (unpaired) electrons. The Morgan fingerprint density at radius 1 is 1.05 bits per heavy atom. The third-order valence-corrected chi connectivity index (χ3v) is 2.91. The predicted octanol–water partition coefficient (Wildman–Crippen LogP) is 2.33. The van der Waals surface area contributed by atoms with Gasteiger partial charge in [0.1, 0.15) is 6.17 Å². The van der Waals surface area contributed by atoms with Crippen LogP contribution in [0.25, 0.3) is 0 Å². The van der Waals surface area contributed by atoms with E-state index in [1.807, 2.05) is 30.3 Å². The molecule has 5 heteroatoms. The molecule has 1 aromatic carbocycles. The molecule has 0 aliphatic rings. The second-order valence-electron chi connectivity index (χ2n) is 4.43. The minimum atomic E-state index is -0.206. The summed E-state index contributed by atoms with van der Waals surface area (Å²) in [4.78, 5) is 27.6. The summed E-state index contributed by atoms with van der Waals surface area (Å²) in [5, 5.41) is 3.22. The van der Waals surface area contributed by atoms with Gasteiger partial charge in [-0.3, -0.25) is 5.32 Å². The Labute approximate surface area is 118 Å². The van der Waals surface area contributed by atoms with E-state index in [2.05, 4.69) is 15.3 Å². The highest BCUT2D eigenvalue weighted by atomic mass is 16.1. The Hall–Kier alpha value is -2.06. The zero-order valence-corrected chi connectivity index (χ0v) is 11.4. The lowest BCUT2D eigenvalue weighted by molar-refractivity contribution is 0.464. The number of nitrogens with zero attached hydrogens (tertiary/aromatic N) is 2. The zero-order chi connectivity index (χ0) is 14.5. The number of aliphatic imine (C=N–C) groups is 2. The minimum absolute atomic E-state index is 0.206. The monoisotopic (exact) mass is 273 g/mol. The fourth-order valence-corrected chi connectivity index (χ4v) is 1.86. The van der Waals surface area contributed by atoms with E-state index in [-0.39, 0.29) is 6.17 Å². The van der Waals surface area contributed by atoms with Crippen molar-refractivity contribution < 1.29 is 9.59 Å². The molecule has 5 nitrogen and oxygen atoms in total. The van der Waals surface area contributed by atoms with Crippen LogP contribution in [0.5, 0.6) is 0 Å². The summed E-state index contributed by atoms with van der Waals surface area (Å²) in [6.07, 6.45) is 6.41. The fourth-order valence-electron chi connectivity index (χ4n) is 1.86. The highest BCUT2D eigenvalue weighted by molar-refractivity contribution is 5.33. The molecule has 0 aromatic heterocycles.